The van der Waals surface area contributed by atoms with Gasteiger partial charge in [0.05, 0.1) is 41.8 Å². The number of nitrogens with zero attached hydrogens (tertiary/aromatic N) is 5. The maximum Gasteiger partial charge on any atom is 0.247 e. The number of likely N-dealkylation sites (N-methyl/N-ethyl adjacent to an activating group) is 2. The maximum absolute atomic E-state index is 12.3. The van der Waals surface area contributed by atoms with Crippen molar-refractivity contribution in [2.24, 2.45) is 0 Å². The Morgan fingerprint density at radius 2 is 1.95 bits per heavy atom. The monoisotopic (exact) mass is 525 g/mol. The zero-order chi connectivity index (χ0) is 27.7. The van der Waals surface area contributed by atoms with Crippen LogP contribution in [0.15, 0.2) is 61.3 Å². The molecule has 10 nitrogen and oxygen atoms in total. The number of anilines is 4. The first-order valence-electron chi connectivity index (χ1n) is 12.6. The van der Waals surface area contributed by atoms with Gasteiger partial charge >= 0.3 is 0 Å². The molecule has 0 bridgehead atoms. The molecule has 1 aliphatic rings. The number of ether oxygens (including phenoxy) is 1. The maximum atomic E-state index is 12.3. The van der Waals surface area contributed by atoms with E-state index in [1.165, 1.54) is 6.08 Å². The third kappa shape index (κ3) is 4.94. The number of para-hydroxylation sites is 1. The Bertz CT molecular complexity index is 1590. The van der Waals surface area contributed by atoms with E-state index >= 15 is 0 Å². The molecule has 0 atom stereocenters. The molecule has 1 amide bonds. The normalized spacial score (nSPS) is 12.2. The van der Waals surface area contributed by atoms with Crippen LogP contribution >= 0.6 is 0 Å². The molecule has 3 heterocycles. The summed E-state index contributed by atoms with van der Waals surface area (Å²) < 4.78 is 7.46. The molecule has 0 saturated heterocycles. The zero-order valence-corrected chi connectivity index (χ0v) is 22.5. The van der Waals surface area contributed by atoms with E-state index in [4.69, 9.17) is 9.72 Å². The first-order valence-corrected chi connectivity index (χ1v) is 12.6. The molecule has 39 heavy (non-hydrogen) atoms. The summed E-state index contributed by atoms with van der Waals surface area (Å²) in [5.41, 5.74) is 5.45. The molecule has 1 aliphatic heterocycles. The number of carbonyl (C=O) groups is 2. The highest BCUT2D eigenvalue weighted by Gasteiger charge is 2.31. The molecule has 2 aromatic carbocycles. The molecule has 2 N–H and O–H groups in total. The van der Waals surface area contributed by atoms with Crippen molar-refractivity contribution in [3.05, 3.63) is 67.0 Å². The van der Waals surface area contributed by atoms with Crippen molar-refractivity contribution in [3.63, 3.8) is 0 Å². The van der Waals surface area contributed by atoms with Crippen LogP contribution in [0.25, 0.3) is 22.2 Å². The predicted octanol–water partition coefficient (Wildman–Crippen LogP) is 4.17. The first kappa shape index (κ1) is 25.9. The summed E-state index contributed by atoms with van der Waals surface area (Å²) in [6, 6.07) is 13.3. The molecule has 0 radical (unpaired) electrons. The van der Waals surface area contributed by atoms with Gasteiger partial charge in [-0.25, -0.2) is 9.97 Å². The third-order valence-electron chi connectivity index (χ3n) is 6.75. The van der Waals surface area contributed by atoms with Crippen LogP contribution in [0.2, 0.25) is 0 Å². The van der Waals surface area contributed by atoms with Gasteiger partial charge in [-0.2, -0.15) is 0 Å². The van der Waals surface area contributed by atoms with E-state index in [1.807, 2.05) is 57.5 Å². The SMILES string of the molecule is C=CC(=O)Nc1cc(Nc2nccc(-c3c4n(c5ccccc35)C(=O)C4)n2)c(OC)cc1N(C)CCN(C)C. The number of nitrogens with one attached hydrogen (secondary N) is 2. The molecule has 2 aromatic heterocycles. The Balaban J connectivity index is 1.52. The van der Waals surface area contributed by atoms with Crippen LogP contribution in [0.1, 0.15) is 10.5 Å². The van der Waals surface area contributed by atoms with Gasteiger partial charge in [-0.1, -0.05) is 24.8 Å². The fourth-order valence-corrected chi connectivity index (χ4v) is 4.75. The summed E-state index contributed by atoms with van der Waals surface area (Å²) in [6.45, 7) is 5.15. The zero-order valence-electron chi connectivity index (χ0n) is 22.5. The Morgan fingerprint density at radius 1 is 1.15 bits per heavy atom. The molecule has 10 heteroatoms. The summed E-state index contributed by atoms with van der Waals surface area (Å²) in [5.74, 6) is 0.681. The number of aromatic nitrogens is 3. The van der Waals surface area contributed by atoms with E-state index in [1.54, 1.807) is 23.9 Å². The molecule has 0 spiro atoms. The predicted molar refractivity (Wildman–Crippen MR) is 154 cm³/mol. The molecule has 4 aromatic rings. The largest absolute Gasteiger partial charge is 0.494 e. The van der Waals surface area contributed by atoms with E-state index < -0.39 is 0 Å². The van der Waals surface area contributed by atoms with E-state index in [9.17, 15) is 9.59 Å². The number of rotatable bonds is 10. The molecule has 0 saturated carbocycles. The van der Waals surface area contributed by atoms with Crippen LogP contribution < -0.4 is 20.3 Å². The number of carbonyl (C=O) groups excluding carboxylic acids is 2. The van der Waals surface area contributed by atoms with E-state index in [-0.39, 0.29) is 11.8 Å². The number of hydrogen-bond acceptors (Lipinski definition) is 8. The highest BCUT2D eigenvalue weighted by molar-refractivity contribution is 6.09. The number of methoxy groups -OCH3 is 1. The van der Waals surface area contributed by atoms with Gasteiger partial charge in [0.1, 0.15) is 5.75 Å². The molecule has 200 valence electrons. The molecule has 0 unspecified atom stereocenters. The number of fused-ring (bicyclic) bond motifs is 3. The third-order valence-corrected chi connectivity index (χ3v) is 6.75. The number of benzene rings is 2. The number of hydrogen-bond donors (Lipinski definition) is 2. The summed E-state index contributed by atoms with van der Waals surface area (Å²) in [6.07, 6.45) is 3.29. The minimum absolute atomic E-state index is 0.0781. The molecule has 0 aliphatic carbocycles. The summed E-state index contributed by atoms with van der Waals surface area (Å²) in [7, 11) is 7.58. The second-order valence-electron chi connectivity index (χ2n) is 9.62. The minimum Gasteiger partial charge on any atom is -0.494 e. The molecular weight excluding hydrogens is 494 g/mol. The van der Waals surface area contributed by atoms with Gasteiger partial charge in [0.2, 0.25) is 17.8 Å². The van der Waals surface area contributed by atoms with Gasteiger partial charge in [-0.15, -0.1) is 0 Å². The Kier molecular flexibility index (Phi) is 7.03. The van der Waals surface area contributed by atoms with Crippen molar-refractivity contribution in [1.82, 2.24) is 19.4 Å². The molecular formula is C29H31N7O3. The second kappa shape index (κ2) is 10.6. The Labute approximate surface area is 226 Å². The summed E-state index contributed by atoms with van der Waals surface area (Å²) in [4.78, 5) is 37.9. The van der Waals surface area contributed by atoms with Crippen LogP contribution in [0.4, 0.5) is 23.0 Å². The highest BCUT2D eigenvalue weighted by atomic mass is 16.5. The first-order chi connectivity index (χ1) is 18.8. The Hall–Kier alpha value is -4.70. The lowest BCUT2D eigenvalue weighted by Gasteiger charge is -2.26. The van der Waals surface area contributed by atoms with E-state index in [2.05, 4.69) is 32.0 Å². The molecule has 5 rings (SSSR count). The lowest BCUT2D eigenvalue weighted by atomic mass is 10.0. The minimum atomic E-state index is -0.320. The lowest BCUT2D eigenvalue weighted by molar-refractivity contribution is -0.111. The topological polar surface area (TPSA) is 105 Å². The fraction of sp³-hybridized carbons (Fsp3) is 0.241. The Morgan fingerprint density at radius 3 is 2.67 bits per heavy atom. The van der Waals surface area contributed by atoms with Crippen molar-refractivity contribution in [2.75, 3.05) is 56.9 Å². The van der Waals surface area contributed by atoms with Gasteiger partial charge < -0.3 is 25.2 Å². The van der Waals surface area contributed by atoms with Crippen LogP contribution in [-0.2, 0) is 11.2 Å². The van der Waals surface area contributed by atoms with Gasteiger partial charge in [-0.05, 0) is 38.4 Å². The van der Waals surface area contributed by atoms with Crippen LogP contribution in [0.3, 0.4) is 0 Å². The van der Waals surface area contributed by atoms with Gasteiger partial charge in [0.25, 0.3) is 0 Å². The lowest BCUT2D eigenvalue weighted by Crippen LogP contribution is -2.29. The van der Waals surface area contributed by atoms with Crippen LogP contribution in [0, 0.1) is 0 Å². The standard InChI is InChI=1S/C29H31N7O3/c1-6-26(37)31-20-15-21(25(39-5)16-23(20)35(4)14-13-34(2)3)33-29-30-12-11-19(32-29)28-18-9-7-8-10-22(18)36-24(28)17-27(36)38/h6-12,15-16H,1,13-14,17H2,2-5H3,(H,31,37)(H,30,32,33). The van der Waals surface area contributed by atoms with Gasteiger partial charge in [0.15, 0.2) is 0 Å². The average molecular weight is 526 g/mol. The van der Waals surface area contributed by atoms with Gasteiger partial charge in [0, 0.05) is 49.0 Å². The highest BCUT2D eigenvalue weighted by Crippen LogP contribution is 2.40. The van der Waals surface area contributed by atoms with Crippen LogP contribution in [0.5, 0.6) is 5.75 Å². The van der Waals surface area contributed by atoms with Crippen molar-refractivity contribution in [1.29, 1.82) is 0 Å². The second-order valence-corrected chi connectivity index (χ2v) is 9.62. The van der Waals surface area contributed by atoms with Crippen molar-refractivity contribution in [2.45, 2.75) is 6.42 Å². The fourth-order valence-electron chi connectivity index (χ4n) is 4.75. The van der Waals surface area contributed by atoms with E-state index in [0.29, 0.717) is 35.2 Å². The van der Waals surface area contributed by atoms with Crippen molar-refractivity contribution in [3.8, 4) is 17.0 Å². The molecule has 0 fully saturated rings. The quantitative estimate of drug-likeness (QED) is 0.297. The van der Waals surface area contributed by atoms with Crippen LogP contribution in [-0.4, -0.2) is 72.6 Å². The summed E-state index contributed by atoms with van der Waals surface area (Å²) in [5, 5.41) is 7.13. The van der Waals surface area contributed by atoms with Gasteiger partial charge in [-0.3, -0.25) is 14.2 Å². The van der Waals surface area contributed by atoms with E-state index in [0.717, 1.165) is 40.9 Å². The average Bonchev–Trinajstić information content (AvgIpc) is 3.19. The van der Waals surface area contributed by atoms with Crippen molar-refractivity contribution >= 4 is 45.7 Å². The summed E-state index contributed by atoms with van der Waals surface area (Å²) >= 11 is 0. The van der Waals surface area contributed by atoms with Crippen molar-refractivity contribution < 1.29 is 14.3 Å². The number of amides is 1. The smallest absolute Gasteiger partial charge is 0.247 e.